The van der Waals surface area contributed by atoms with E-state index in [1.165, 1.54) is 12.7 Å². The molecule has 4 heterocycles. The van der Waals surface area contributed by atoms with Crippen molar-refractivity contribution in [2.24, 2.45) is 0 Å². The van der Waals surface area contributed by atoms with Crippen LogP contribution < -0.4 is 0 Å². The van der Waals surface area contributed by atoms with Gasteiger partial charge in [0.25, 0.3) is 0 Å². The summed E-state index contributed by atoms with van der Waals surface area (Å²) in [6.45, 7) is 5.83. The Morgan fingerprint density at radius 3 is 2.28 bits per heavy atom. The predicted molar refractivity (Wildman–Crippen MR) is 153 cm³/mol. The molecule has 0 N–H and O–H groups in total. The van der Waals surface area contributed by atoms with E-state index >= 15 is 0 Å². The molecule has 0 saturated heterocycles. The van der Waals surface area contributed by atoms with E-state index in [4.69, 9.17) is 9.72 Å². The number of aromatic nitrogens is 4. The predicted octanol–water partition coefficient (Wildman–Crippen LogP) is 6.27. The van der Waals surface area contributed by atoms with Gasteiger partial charge in [0.1, 0.15) is 5.01 Å². The number of esters is 1. The number of benzene rings is 1. The molecule has 0 aliphatic rings. The molecule has 0 aliphatic heterocycles. The van der Waals surface area contributed by atoms with Gasteiger partial charge < -0.3 is 4.74 Å². The van der Waals surface area contributed by atoms with Crippen LogP contribution in [0, 0.1) is 13.8 Å². The van der Waals surface area contributed by atoms with Gasteiger partial charge in [-0.3, -0.25) is 14.9 Å². The summed E-state index contributed by atoms with van der Waals surface area (Å²) in [5.41, 5.74) is 7.49. The van der Waals surface area contributed by atoms with Crippen LogP contribution in [0.25, 0.3) is 21.1 Å². The van der Waals surface area contributed by atoms with Crippen molar-refractivity contribution < 1.29 is 9.53 Å². The first-order valence-corrected chi connectivity index (χ1v) is 13.4. The van der Waals surface area contributed by atoms with E-state index < -0.39 is 0 Å². The van der Waals surface area contributed by atoms with Gasteiger partial charge in [-0.2, -0.15) is 0 Å². The van der Waals surface area contributed by atoms with Crippen LogP contribution in [0.5, 0.6) is 0 Å². The Morgan fingerprint density at radius 1 is 0.821 bits per heavy atom. The summed E-state index contributed by atoms with van der Waals surface area (Å²) in [6, 6.07) is 22.0. The van der Waals surface area contributed by atoms with Crippen LogP contribution in [0.4, 0.5) is 0 Å². The van der Waals surface area contributed by atoms with Gasteiger partial charge in [0.15, 0.2) is 0 Å². The first kappa shape index (κ1) is 26.3. The molecule has 0 radical (unpaired) electrons. The van der Waals surface area contributed by atoms with Crippen molar-refractivity contribution in [2.45, 2.75) is 33.5 Å². The third-order valence-corrected chi connectivity index (χ3v) is 7.30. The minimum atomic E-state index is -0.381. The molecular formula is C31H29N5O2S. The number of hydrogen-bond acceptors (Lipinski definition) is 8. The fraction of sp³-hybridized carbons (Fsp3) is 0.194. The average molecular weight is 536 g/mol. The Labute approximate surface area is 232 Å². The Kier molecular flexibility index (Phi) is 8.15. The first-order valence-electron chi connectivity index (χ1n) is 12.6. The molecule has 8 heteroatoms. The van der Waals surface area contributed by atoms with E-state index in [1.807, 2.05) is 36.7 Å². The third kappa shape index (κ3) is 6.79. The van der Waals surface area contributed by atoms with E-state index in [0.29, 0.717) is 25.2 Å². The summed E-state index contributed by atoms with van der Waals surface area (Å²) in [5.74, 6) is -0.381. The molecule has 0 fully saturated rings. The Balaban J connectivity index is 1.39. The van der Waals surface area contributed by atoms with Gasteiger partial charge in [-0.1, -0.05) is 35.9 Å². The molecule has 1 aromatic carbocycles. The molecule has 0 bridgehead atoms. The van der Waals surface area contributed by atoms with E-state index in [-0.39, 0.29) is 5.97 Å². The summed E-state index contributed by atoms with van der Waals surface area (Å²) in [7, 11) is 1.38. The van der Waals surface area contributed by atoms with Crippen LogP contribution in [0.2, 0.25) is 0 Å². The van der Waals surface area contributed by atoms with E-state index in [9.17, 15) is 4.79 Å². The monoisotopic (exact) mass is 535 g/mol. The summed E-state index contributed by atoms with van der Waals surface area (Å²) in [5, 5.41) is 0.881. The lowest BCUT2D eigenvalue weighted by atomic mass is 10.1. The van der Waals surface area contributed by atoms with E-state index in [1.54, 1.807) is 29.7 Å². The number of pyridine rings is 3. The number of thiazole rings is 1. The molecule has 5 aromatic rings. The van der Waals surface area contributed by atoms with Gasteiger partial charge >= 0.3 is 5.97 Å². The van der Waals surface area contributed by atoms with Gasteiger partial charge in [-0.05, 0) is 61.4 Å². The smallest absolute Gasteiger partial charge is 0.337 e. The summed E-state index contributed by atoms with van der Waals surface area (Å²) in [6.07, 6.45) is 5.37. The number of rotatable bonds is 9. The van der Waals surface area contributed by atoms with Crippen molar-refractivity contribution in [1.29, 1.82) is 0 Å². The van der Waals surface area contributed by atoms with Gasteiger partial charge in [0.05, 0.1) is 40.3 Å². The zero-order valence-electron chi connectivity index (χ0n) is 22.2. The van der Waals surface area contributed by atoms with E-state index in [2.05, 4.69) is 64.0 Å². The van der Waals surface area contributed by atoms with E-state index in [0.717, 1.165) is 43.8 Å². The third-order valence-electron chi connectivity index (χ3n) is 6.23. The van der Waals surface area contributed by atoms with Crippen molar-refractivity contribution in [3.05, 3.63) is 119 Å². The lowest BCUT2D eigenvalue weighted by Gasteiger charge is -2.22. The maximum Gasteiger partial charge on any atom is 0.337 e. The molecule has 0 spiro atoms. The summed E-state index contributed by atoms with van der Waals surface area (Å²) >= 11 is 1.63. The Morgan fingerprint density at radius 2 is 1.54 bits per heavy atom. The number of ether oxygens (including phenoxy) is 1. The van der Waals surface area contributed by atoms with Crippen LogP contribution in [0.1, 0.15) is 38.6 Å². The number of carbonyl (C=O) groups excluding carboxylic acids is 1. The molecule has 7 nitrogen and oxygen atoms in total. The molecule has 39 heavy (non-hydrogen) atoms. The fourth-order valence-corrected chi connectivity index (χ4v) is 5.17. The number of nitrogens with zero attached hydrogens (tertiary/aromatic N) is 5. The quantitative estimate of drug-likeness (QED) is 0.206. The molecule has 0 amide bonds. The maximum atomic E-state index is 12.1. The molecule has 0 aliphatic carbocycles. The first-order chi connectivity index (χ1) is 19.0. The Bertz CT molecular complexity index is 1580. The van der Waals surface area contributed by atoms with Crippen LogP contribution in [-0.4, -0.2) is 37.9 Å². The van der Waals surface area contributed by atoms with Crippen molar-refractivity contribution in [1.82, 2.24) is 24.8 Å². The second-order valence-corrected chi connectivity index (χ2v) is 10.4. The molecule has 4 aromatic heterocycles. The highest BCUT2D eigenvalue weighted by Gasteiger charge is 2.15. The van der Waals surface area contributed by atoms with Crippen LogP contribution in [0.15, 0.2) is 85.3 Å². The van der Waals surface area contributed by atoms with Crippen LogP contribution in [0.3, 0.4) is 0 Å². The van der Waals surface area contributed by atoms with Crippen LogP contribution in [-0.2, 0) is 24.4 Å². The molecular weight excluding hydrogens is 506 g/mol. The van der Waals surface area contributed by atoms with Crippen molar-refractivity contribution in [2.75, 3.05) is 7.11 Å². The summed E-state index contributed by atoms with van der Waals surface area (Å²) < 4.78 is 4.89. The molecule has 5 rings (SSSR count). The topological polar surface area (TPSA) is 81.1 Å². The Hall–Kier alpha value is -4.27. The van der Waals surface area contributed by atoms with Gasteiger partial charge in [0, 0.05) is 38.2 Å². The van der Waals surface area contributed by atoms with Gasteiger partial charge in [0.2, 0.25) is 0 Å². The zero-order valence-corrected chi connectivity index (χ0v) is 23.0. The minimum absolute atomic E-state index is 0.381. The highest BCUT2D eigenvalue weighted by molar-refractivity contribution is 7.18. The highest BCUT2D eigenvalue weighted by Crippen LogP contribution is 2.31. The second-order valence-electron chi connectivity index (χ2n) is 9.41. The SMILES string of the molecule is COC(=O)c1ccnc(CN(Cc2cc(C)ccn2)Cc2cccc(-c3ncc(-c4ccc(C)cc4)s3)n2)c1. The molecule has 0 saturated carbocycles. The minimum Gasteiger partial charge on any atom is -0.465 e. The van der Waals surface area contributed by atoms with Crippen molar-refractivity contribution in [3.8, 4) is 21.1 Å². The average Bonchev–Trinajstić information content (AvgIpc) is 3.44. The number of aryl methyl sites for hydroxylation is 2. The molecule has 0 unspecified atom stereocenters. The second kappa shape index (κ2) is 12.1. The zero-order chi connectivity index (χ0) is 27.2. The molecule has 0 atom stereocenters. The normalized spacial score (nSPS) is 11.1. The van der Waals surface area contributed by atoms with Crippen LogP contribution >= 0.6 is 11.3 Å². The number of methoxy groups -OCH3 is 1. The van der Waals surface area contributed by atoms with Crippen molar-refractivity contribution >= 4 is 17.3 Å². The highest BCUT2D eigenvalue weighted by atomic mass is 32.1. The number of hydrogen-bond donors (Lipinski definition) is 0. The van der Waals surface area contributed by atoms with Crippen molar-refractivity contribution in [3.63, 3.8) is 0 Å². The summed E-state index contributed by atoms with van der Waals surface area (Å²) in [4.78, 5) is 34.1. The lowest BCUT2D eigenvalue weighted by Crippen LogP contribution is -2.24. The largest absolute Gasteiger partial charge is 0.465 e. The van der Waals surface area contributed by atoms with Gasteiger partial charge in [-0.25, -0.2) is 14.8 Å². The van der Waals surface area contributed by atoms with Gasteiger partial charge in [-0.15, -0.1) is 11.3 Å². The maximum absolute atomic E-state index is 12.1. The standard InChI is InChI=1S/C31H29N5O2S/c1-21-7-9-23(10-8-21)29-17-34-30(39-29)28-6-4-5-25(35-28)18-36(19-26-15-22(2)11-13-32-26)20-27-16-24(12-14-33-27)31(37)38-3/h4-17H,18-20H2,1-3H3. The molecule has 196 valence electrons. The lowest BCUT2D eigenvalue weighted by molar-refractivity contribution is 0.0600. The fourth-order valence-electron chi connectivity index (χ4n) is 4.28. The number of carbonyl (C=O) groups is 1.